The predicted octanol–water partition coefficient (Wildman–Crippen LogP) is -16.2. The van der Waals surface area contributed by atoms with Gasteiger partial charge in [0.1, 0.15) is 18.1 Å². The standard InChI is InChI=1S/C32H34N12O8.4Li/c45-22(46)15-21(24(49)50)37-28-39-26(33-17-7-3-1-4-8-17)38-27(40-28)34-19-11-13-20(14-12-19)36-30-41-29(35-18-9-5-2-6-10-18)42-32(43-30)31(44-32,25(51)52)16-23(47)48;;;;/h1-14,21,29-30,35-36,41-44H,15-16H2,(H,45,46)(H,47,48)(H,49,50)(H,51,52)(H3,33,34,37,38,39,40);;;;/q;4*+1/p-4. The van der Waals surface area contributed by atoms with Crippen LogP contribution >= 0.6 is 0 Å². The number of hydrogen-bond acceptors (Lipinski definition) is 20. The average Bonchev–Trinajstić information content (AvgIpc) is 3.69. The SMILES string of the molecule is O=C([O-])CC(Nc1nc(Nc2ccccc2)nc(Nc2ccc(NC3NC(Nc4ccccc4)NC4(N3)NC4(CC(=O)[O-])C(=O)[O-])cc2)n1)C(=O)[O-].[Li+].[Li+].[Li+].[Li+]. The van der Waals surface area contributed by atoms with Crippen LogP contribution in [0.5, 0.6) is 0 Å². The molecule has 2 aliphatic heterocycles. The Bertz CT molecular complexity index is 1960. The van der Waals surface area contributed by atoms with Crippen LogP contribution in [0, 0.1) is 0 Å². The van der Waals surface area contributed by atoms with E-state index in [2.05, 4.69) is 62.8 Å². The van der Waals surface area contributed by atoms with Crippen LogP contribution in [0.1, 0.15) is 12.8 Å². The monoisotopic (exact) mass is 738 g/mol. The third kappa shape index (κ3) is 11.9. The molecule has 56 heavy (non-hydrogen) atoms. The molecule has 1 aromatic heterocycles. The summed E-state index contributed by atoms with van der Waals surface area (Å²) in [6, 6.07) is 22.8. The number of carboxylic acids is 4. The number of rotatable bonds is 16. The average molecular weight is 738 g/mol. The molecule has 24 heteroatoms. The number of benzene rings is 3. The molecule has 0 bridgehead atoms. The Morgan fingerprint density at radius 2 is 1.07 bits per heavy atom. The van der Waals surface area contributed by atoms with Crippen LogP contribution < -0.4 is 144 Å². The van der Waals surface area contributed by atoms with Crippen molar-refractivity contribution in [2.45, 2.75) is 42.8 Å². The molecule has 270 valence electrons. The predicted molar refractivity (Wildman–Crippen MR) is 175 cm³/mol. The second-order valence-electron chi connectivity index (χ2n) is 11.7. The number of carboxylic acid groups (broad SMARTS) is 4. The largest absolute Gasteiger partial charge is 1.00 e. The van der Waals surface area contributed by atoms with Gasteiger partial charge < -0.3 is 66.2 Å². The van der Waals surface area contributed by atoms with Gasteiger partial charge in [-0.05, 0) is 48.5 Å². The molecule has 0 saturated carbocycles. The maximum atomic E-state index is 12.2. The first kappa shape index (κ1) is 47.9. The zero-order valence-electron chi connectivity index (χ0n) is 30.8. The molecule has 5 unspecified atom stereocenters. The van der Waals surface area contributed by atoms with Crippen LogP contribution in [0.3, 0.4) is 0 Å². The third-order valence-corrected chi connectivity index (χ3v) is 7.95. The van der Waals surface area contributed by atoms with E-state index >= 15 is 0 Å². The van der Waals surface area contributed by atoms with Crippen molar-refractivity contribution < 1.29 is 115 Å². The zero-order chi connectivity index (χ0) is 36.9. The van der Waals surface area contributed by atoms with E-state index in [1.807, 2.05) is 6.07 Å². The van der Waals surface area contributed by atoms with Gasteiger partial charge in [-0.15, -0.1) is 0 Å². The Morgan fingerprint density at radius 3 is 1.54 bits per heavy atom. The van der Waals surface area contributed by atoms with Crippen LogP contribution in [-0.2, 0) is 19.2 Å². The first-order valence-corrected chi connectivity index (χ1v) is 15.6. The van der Waals surface area contributed by atoms with Gasteiger partial charge in [-0.3, -0.25) is 21.3 Å². The van der Waals surface area contributed by atoms with Crippen LogP contribution in [0.15, 0.2) is 84.9 Å². The van der Waals surface area contributed by atoms with E-state index in [1.165, 1.54) is 0 Å². The minimum atomic E-state index is -2.02. The minimum Gasteiger partial charge on any atom is -0.550 e. The summed E-state index contributed by atoms with van der Waals surface area (Å²) in [5.41, 5.74) is 0.282. The van der Waals surface area contributed by atoms with Gasteiger partial charge in [-0.25, -0.2) is 0 Å². The molecule has 5 atom stereocenters. The fourth-order valence-corrected chi connectivity index (χ4v) is 5.52. The van der Waals surface area contributed by atoms with Crippen LogP contribution in [0.4, 0.5) is 40.6 Å². The summed E-state index contributed by atoms with van der Waals surface area (Å²) in [5.74, 6) is -8.45. The van der Waals surface area contributed by atoms with Crippen molar-refractivity contribution in [3.63, 3.8) is 0 Å². The number of nitrogens with zero attached hydrogens (tertiary/aromatic N) is 3. The Hall–Kier alpha value is -4.22. The van der Waals surface area contributed by atoms with Crippen molar-refractivity contribution >= 4 is 64.5 Å². The smallest absolute Gasteiger partial charge is 0.550 e. The molecule has 6 rings (SSSR count). The molecule has 3 heterocycles. The van der Waals surface area contributed by atoms with E-state index in [1.54, 1.807) is 78.9 Å². The number of carbonyl (C=O) groups is 4. The zero-order valence-corrected chi connectivity index (χ0v) is 30.8. The Kier molecular flexibility index (Phi) is 17.8. The third-order valence-electron chi connectivity index (χ3n) is 7.95. The van der Waals surface area contributed by atoms with E-state index in [9.17, 15) is 39.6 Å². The summed E-state index contributed by atoms with van der Waals surface area (Å²) in [6.45, 7) is 0. The van der Waals surface area contributed by atoms with E-state index < -0.39 is 66.7 Å². The second-order valence-corrected chi connectivity index (χ2v) is 11.7. The second kappa shape index (κ2) is 20.8. The summed E-state index contributed by atoms with van der Waals surface area (Å²) in [6.07, 6.45) is -3.38. The van der Waals surface area contributed by atoms with Gasteiger partial charge in [-0.2, -0.15) is 15.0 Å². The van der Waals surface area contributed by atoms with Crippen molar-refractivity contribution in [1.82, 2.24) is 36.2 Å². The number of aliphatic carboxylic acids is 4. The topological polar surface area (TPSA) is 317 Å². The van der Waals surface area contributed by atoms with Gasteiger partial charge in [0.25, 0.3) is 0 Å². The van der Waals surface area contributed by atoms with E-state index in [-0.39, 0.29) is 93.3 Å². The number of carbonyl (C=O) groups excluding carboxylic acids is 4. The Balaban J connectivity index is 0.00000271. The molecule has 2 aliphatic rings. The fourth-order valence-electron chi connectivity index (χ4n) is 5.52. The summed E-state index contributed by atoms with van der Waals surface area (Å²) in [5, 5.41) is 73.1. The van der Waals surface area contributed by atoms with E-state index in [0.717, 1.165) is 0 Å². The molecule has 2 fully saturated rings. The maximum Gasteiger partial charge on any atom is 1.00 e. The van der Waals surface area contributed by atoms with Crippen LogP contribution in [0.2, 0.25) is 0 Å². The number of nitrogens with one attached hydrogen (secondary N) is 9. The van der Waals surface area contributed by atoms with Crippen molar-refractivity contribution in [2.75, 3.05) is 26.6 Å². The Morgan fingerprint density at radius 1 is 0.625 bits per heavy atom. The quantitative estimate of drug-likeness (QED) is 0.0381. The number of aromatic nitrogens is 3. The van der Waals surface area contributed by atoms with Crippen molar-refractivity contribution in [1.29, 1.82) is 0 Å². The first-order valence-electron chi connectivity index (χ1n) is 15.6. The normalized spacial score (nSPS) is 20.8. The molecule has 1 spiro atoms. The summed E-state index contributed by atoms with van der Waals surface area (Å²) >= 11 is 0. The molecular formula is C32H30Li4N12O8. The van der Waals surface area contributed by atoms with Crippen molar-refractivity contribution in [3.8, 4) is 0 Å². The van der Waals surface area contributed by atoms with E-state index in [4.69, 9.17) is 0 Å². The fraction of sp³-hybridized carbons (Fsp3) is 0.219. The Labute approximate surface area is 367 Å². The molecule has 2 saturated heterocycles. The molecule has 0 aliphatic carbocycles. The van der Waals surface area contributed by atoms with Gasteiger partial charge in [0.2, 0.25) is 17.8 Å². The minimum absolute atomic E-state index is 0. The number of anilines is 7. The molecule has 0 amide bonds. The first-order chi connectivity index (χ1) is 24.9. The molecule has 4 aromatic rings. The summed E-state index contributed by atoms with van der Waals surface area (Å²) in [7, 11) is 0. The van der Waals surface area contributed by atoms with Gasteiger partial charge >= 0.3 is 75.4 Å². The van der Waals surface area contributed by atoms with Crippen molar-refractivity contribution in [2.24, 2.45) is 0 Å². The van der Waals surface area contributed by atoms with Crippen molar-refractivity contribution in [3.05, 3.63) is 84.9 Å². The summed E-state index contributed by atoms with van der Waals surface area (Å²) in [4.78, 5) is 59.0. The van der Waals surface area contributed by atoms with Gasteiger partial charge in [0.15, 0.2) is 5.79 Å². The molecule has 9 N–H and O–H groups in total. The van der Waals surface area contributed by atoms with E-state index in [0.29, 0.717) is 22.7 Å². The van der Waals surface area contributed by atoms with Crippen LogP contribution in [0.25, 0.3) is 0 Å². The molecular weight excluding hydrogens is 708 g/mol. The van der Waals surface area contributed by atoms with Gasteiger partial charge in [0, 0.05) is 47.5 Å². The number of para-hydroxylation sites is 2. The van der Waals surface area contributed by atoms with Gasteiger partial charge in [-0.1, -0.05) is 36.4 Å². The maximum absolute atomic E-state index is 12.2. The number of hydrogen-bond donors (Lipinski definition) is 9. The molecule has 20 nitrogen and oxygen atoms in total. The summed E-state index contributed by atoms with van der Waals surface area (Å²) < 4.78 is 0. The van der Waals surface area contributed by atoms with Gasteiger partial charge in [0.05, 0.1) is 18.0 Å². The molecule has 3 aromatic carbocycles. The van der Waals surface area contributed by atoms with Crippen LogP contribution in [-0.4, -0.2) is 68.8 Å². The molecule has 0 radical (unpaired) electrons.